The van der Waals surface area contributed by atoms with Crippen LogP contribution in [0.1, 0.15) is 162 Å². The average molecular weight is 1790 g/mol. The second-order valence-electron chi connectivity index (χ2n) is 35.2. The van der Waals surface area contributed by atoms with Gasteiger partial charge in [-0.25, -0.2) is 4.79 Å². The number of ether oxygens (including phenoxy) is 7. The van der Waals surface area contributed by atoms with Gasteiger partial charge in [0, 0.05) is 42.7 Å². The quantitative estimate of drug-likeness (QED) is 0.0480. The number of likely N-dealkylation sites (N-methyl/N-ethyl adjacent to an activating group) is 1. The van der Waals surface area contributed by atoms with Crippen LogP contribution in [0.4, 0.5) is 10.5 Å². The molecule has 0 unspecified atom stereocenters. The van der Waals surface area contributed by atoms with Crippen molar-refractivity contribution in [2.75, 3.05) is 32.1 Å². The van der Waals surface area contributed by atoms with E-state index in [1.807, 2.05) is 13.8 Å². The highest BCUT2D eigenvalue weighted by Crippen LogP contribution is 2.55. The molecule has 2 saturated heterocycles. The number of benzene rings is 6. The standard InChI is InChI=1S/C90H109ClN12O25/c1-38(2)22-57(93-8)81(114)102-72-74(109)46-11-18-60(39(3)23-46)124-62-32-50-33-63(78(62)128-88-79(77(112)76(111)64(37-104)126-88)127-66-36-90(7,92)80(113)41(5)123-66)125-61-19-12-47(31-56(61)91)75(110)73-87(120)101-71(85(118)98-68-48-26-43-25-44(28-48)29-49(68)27-43)55-34-52(106)24-40(4)67(55)54-30-45(10-17-59(54)107)69(83(116)103-73)100-84(117)70(50)99-82(115)58(96-86(72)119)35-65(108)97-89(121)95-51-13-15-53(16-14-51)122-21-9-20-94-42(6)105/h10-19,23-24,30-34,38,41,43-44,48-49,57-58,64,66,68-77,79-80,88,93,104,106-107,109-113H,9,20-22,25-29,35-37,92H2,1-8H3,(H,94,105)(H,96,119)(H,98,118)(H,99,115)(H,100,117)(H,101,120)(H,102,114)(H,103,116)(H2,95,97,108,121)/t41-,43?,44?,48?,49?,57+,58-,64+,66-,68?,69+,70+,71-,72+,73-,74+,75+,76+,77-,79+,80+,88-,90-/m0/s1. The van der Waals surface area contributed by atoms with E-state index in [1.54, 1.807) is 6.92 Å². The van der Waals surface area contributed by atoms with Crippen molar-refractivity contribution in [3.8, 4) is 57.1 Å². The molecule has 4 saturated carbocycles. The van der Waals surface area contributed by atoms with Crippen molar-refractivity contribution in [1.29, 1.82) is 0 Å². The van der Waals surface area contributed by atoms with Gasteiger partial charge < -0.3 is 133 Å². The summed E-state index contributed by atoms with van der Waals surface area (Å²) < 4.78 is 45.2. The zero-order chi connectivity index (χ0) is 91.8. The van der Waals surface area contributed by atoms with Crippen molar-refractivity contribution >= 4 is 76.5 Å². The minimum atomic E-state index is -2.37. The number of hydrogen-bond acceptors (Lipinski definition) is 27. The molecule has 128 heavy (non-hydrogen) atoms. The highest BCUT2D eigenvalue weighted by Gasteiger charge is 2.53. The molecule has 6 aromatic rings. The molecule has 11 amide bonds. The van der Waals surface area contributed by atoms with Gasteiger partial charge in [0.25, 0.3) is 0 Å². The molecule has 18 atom stereocenters. The SMILES string of the molecule is CN[C@H](CC(C)C)C(=O)N[C@H]1C(=O)N[C@@H](CC(=O)NC(=O)Nc2ccc(OCCCNC(C)=O)cc2)C(=O)N[C@H]2C(=O)N[C@H]3C(=O)N[C@H](C(=O)N[C@H](C(=O)NC4C5CC6CC(C5)CC4C6)c4cc(O)cc(C)c4-c4cc3ccc4O)[C@H](O)c3ccc(c(Cl)c3)Oc3cc2cc(c3O[C@@H]2O[C@H](CO)[C@@H](O)[C@H](O)[C@H]2O[C@H]2C[C@](C)(N)[C@H](O)[C@H](C)O2)Oc2ccc(cc2C)[C@H]1O. The van der Waals surface area contributed by atoms with Gasteiger partial charge in [-0.2, -0.15) is 0 Å². The number of halogens is 1. The van der Waals surface area contributed by atoms with Crippen molar-refractivity contribution in [3.05, 3.63) is 147 Å². The summed E-state index contributed by atoms with van der Waals surface area (Å²) in [6.07, 6.45) is -13.6. The first kappa shape index (κ1) is 92.8. The third kappa shape index (κ3) is 20.5. The number of aliphatic hydroxyl groups excluding tert-OH is 6. The van der Waals surface area contributed by atoms with E-state index in [0.29, 0.717) is 30.6 Å². The minimum absolute atomic E-state index is 0.0526. The first-order chi connectivity index (χ1) is 60.9. The van der Waals surface area contributed by atoms with E-state index in [0.717, 1.165) is 44.2 Å². The lowest BCUT2D eigenvalue weighted by molar-refractivity contribution is -0.333. The summed E-state index contributed by atoms with van der Waals surface area (Å²) in [6.45, 7) is 10.8. The molecule has 11 aliphatic rings. The number of nitrogens with one attached hydrogen (secondary N) is 11. The van der Waals surface area contributed by atoms with E-state index < -0.39 is 204 Å². The van der Waals surface area contributed by atoms with Crippen molar-refractivity contribution < 1.29 is 122 Å². The summed E-state index contributed by atoms with van der Waals surface area (Å²) in [4.78, 5) is 151. The Morgan fingerprint density at radius 3 is 1.98 bits per heavy atom. The number of hydrogen-bond donors (Lipinski definition) is 20. The van der Waals surface area contributed by atoms with E-state index in [-0.39, 0.29) is 122 Å². The molecule has 0 radical (unpaired) electrons. The molecule has 0 aromatic heterocycles. The minimum Gasteiger partial charge on any atom is -0.508 e. The number of nitrogens with two attached hydrogens (primary N) is 1. The number of carbonyl (C=O) groups is 10. The number of imide groups is 1. The van der Waals surface area contributed by atoms with Gasteiger partial charge in [0.1, 0.15) is 95.5 Å². The molecular formula is C90H109ClN12O25. The van der Waals surface area contributed by atoms with Crippen molar-refractivity contribution in [3.63, 3.8) is 0 Å². The van der Waals surface area contributed by atoms with Gasteiger partial charge >= 0.3 is 6.03 Å². The lowest BCUT2D eigenvalue weighted by atomic mass is 9.54. The summed E-state index contributed by atoms with van der Waals surface area (Å²) >= 11 is 7.33. The first-order valence-electron chi connectivity index (χ1n) is 42.8. The fourth-order valence-electron chi connectivity index (χ4n) is 18.8. The zero-order valence-corrected chi connectivity index (χ0v) is 72.3. The number of amides is 11. The topological polar surface area (TPSA) is 556 Å². The van der Waals surface area contributed by atoms with Gasteiger partial charge in [-0.3, -0.25) is 48.5 Å². The second-order valence-corrected chi connectivity index (χ2v) is 35.6. The number of aryl methyl sites for hydroxylation is 2. The molecule has 7 aliphatic heterocycles. The number of aliphatic hydroxyl groups is 6. The number of rotatable bonds is 20. The highest BCUT2D eigenvalue weighted by atomic mass is 35.5. The Bertz CT molecular complexity index is 5210. The van der Waals surface area contributed by atoms with E-state index in [9.17, 15) is 60.0 Å². The molecule has 6 aromatic carbocycles. The maximum Gasteiger partial charge on any atom is 0.325 e. The Hall–Kier alpha value is -11.3. The molecule has 38 heteroatoms. The Balaban J connectivity index is 0.941. The van der Waals surface area contributed by atoms with Gasteiger partial charge in [-0.15, -0.1) is 0 Å². The van der Waals surface area contributed by atoms with E-state index in [4.69, 9.17) is 50.5 Å². The van der Waals surface area contributed by atoms with Crippen LogP contribution in [0, 0.1) is 43.4 Å². The van der Waals surface area contributed by atoms with Crippen LogP contribution in [0.5, 0.6) is 46.0 Å². The van der Waals surface area contributed by atoms with Gasteiger partial charge in [-0.1, -0.05) is 43.6 Å². The van der Waals surface area contributed by atoms with Crippen LogP contribution in [-0.4, -0.2) is 212 Å². The Labute approximate surface area is 741 Å². The zero-order valence-electron chi connectivity index (χ0n) is 71.6. The van der Waals surface area contributed by atoms with Gasteiger partial charge in [0.05, 0.1) is 42.9 Å². The summed E-state index contributed by atoms with van der Waals surface area (Å²) in [5, 5.41) is 124. The van der Waals surface area contributed by atoms with E-state index in [1.165, 1.54) is 126 Å². The molecule has 21 N–H and O–H groups in total. The molecule has 15 bridgehead atoms. The number of anilines is 1. The van der Waals surface area contributed by atoms with Gasteiger partial charge in [0.15, 0.2) is 23.9 Å². The molecule has 37 nitrogen and oxygen atoms in total. The molecule has 0 spiro atoms. The van der Waals surface area contributed by atoms with Gasteiger partial charge in [-0.05, 0) is 239 Å². The predicted octanol–water partition coefficient (Wildman–Crippen LogP) is 3.99. The fourth-order valence-corrected chi connectivity index (χ4v) is 19.0. The molecule has 686 valence electrons. The normalized spacial score (nSPS) is 29.8. The monoisotopic (exact) mass is 1790 g/mol. The van der Waals surface area contributed by atoms with Crippen LogP contribution in [-0.2, 0) is 57.4 Å². The predicted molar refractivity (Wildman–Crippen MR) is 457 cm³/mol. The van der Waals surface area contributed by atoms with E-state index in [2.05, 4.69) is 58.5 Å². The molecule has 7 heterocycles. The number of phenolic OH excluding ortho intramolecular Hbond substituents is 2. The van der Waals surface area contributed by atoms with Crippen LogP contribution >= 0.6 is 11.6 Å². The maximum absolute atomic E-state index is 16.7. The highest BCUT2D eigenvalue weighted by molar-refractivity contribution is 6.32. The summed E-state index contributed by atoms with van der Waals surface area (Å²) in [6, 6.07) is 6.74. The summed E-state index contributed by atoms with van der Waals surface area (Å²) in [5.74, 6) is -11.3. The van der Waals surface area contributed by atoms with Gasteiger partial charge in [0.2, 0.25) is 65.2 Å². The van der Waals surface area contributed by atoms with Crippen molar-refractivity contribution in [2.45, 2.75) is 222 Å². The molecular weight excluding hydrogens is 1680 g/mol. The van der Waals surface area contributed by atoms with Crippen LogP contribution in [0.3, 0.4) is 0 Å². The lowest BCUT2D eigenvalue weighted by Crippen LogP contribution is -2.64. The third-order valence-electron chi connectivity index (χ3n) is 25.1. The Kier molecular flexibility index (Phi) is 28.2. The number of phenols is 2. The second kappa shape index (κ2) is 38.9. The molecule has 17 rings (SSSR count). The number of urea groups is 1. The molecule has 6 fully saturated rings. The summed E-state index contributed by atoms with van der Waals surface area (Å²) in [5.41, 5.74) is 4.73. The molecule has 4 aliphatic carbocycles. The maximum atomic E-state index is 16.7. The van der Waals surface area contributed by atoms with Crippen LogP contribution in [0.25, 0.3) is 11.1 Å². The smallest absolute Gasteiger partial charge is 0.325 e. The largest absolute Gasteiger partial charge is 0.508 e. The van der Waals surface area contributed by atoms with Crippen LogP contribution < -0.4 is 83.2 Å². The number of aromatic hydroxyl groups is 2. The fraction of sp³-hybridized carbons (Fsp3) is 0.489. The lowest BCUT2D eigenvalue weighted by Gasteiger charge is -2.54. The Morgan fingerprint density at radius 2 is 1.34 bits per heavy atom. The van der Waals surface area contributed by atoms with Crippen LogP contribution in [0.2, 0.25) is 5.02 Å². The Morgan fingerprint density at radius 1 is 0.688 bits per heavy atom. The number of fused-ring (bicyclic) bond motifs is 15. The third-order valence-corrected chi connectivity index (χ3v) is 25.4. The average Bonchev–Trinajstić information content (AvgIpc) is 0.760. The summed E-state index contributed by atoms with van der Waals surface area (Å²) in [7, 11) is 1.49. The van der Waals surface area contributed by atoms with Crippen molar-refractivity contribution in [1.82, 2.24) is 53.2 Å². The van der Waals surface area contributed by atoms with Crippen LogP contribution in [0.15, 0.2) is 103 Å². The first-order valence-corrected chi connectivity index (χ1v) is 43.2. The van der Waals surface area contributed by atoms with E-state index >= 15 is 28.8 Å². The van der Waals surface area contributed by atoms with Crippen molar-refractivity contribution in [2.24, 2.45) is 35.3 Å². The number of carbonyl (C=O) groups excluding carboxylic acids is 10.